The van der Waals surface area contributed by atoms with Gasteiger partial charge < -0.3 is 5.32 Å². The molecule has 0 aromatic heterocycles. The Morgan fingerprint density at radius 1 is 1.42 bits per heavy atom. The fourth-order valence-corrected chi connectivity index (χ4v) is 1.39. The van der Waals surface area contributed by atoms with Crippen molar-refractivity contribution in [1.82, 2.24) is 0 Å². The van der Waals surface area contributed by atoms with Crippen LogP contribution in [0.2, 0.25) is 5.02 Å². The van der Waals surface area contributed by atoms with Crippen molar-refractivity contribution in [3.63, 3.8) is 0 Å². The molecular weight excluding hydrogens is 268 g/mol. The molecular formula is C13H15ClN2O3. The van der Waals surface area contributed by atoms with Gasteiger partial charge in [-0.25, -0.2) is 0 Å². The van der Waals surface area contributed by atoms with Crippen molar-refractivity contribution in [3.8, 4) is 0 Å². The van der Waals surface area contributed by atoms with E-state index in [9.17, 15) is 14.9 Å². The third kappa shape index (κ3) is 4.37. The molecule has 102 valence electrons. The Labute approximate surface area is 116 Å². The largest absolute Gasteiger partial charge is 0.361 e. The molecule has 0 bridgehead atoms. The summed E-state index contributed by atoms with van der Waals surface area (Å²) in [4.78, 5) is 21.8. The van der Waals surface area contributed by atoms with E-state index in [0.29, 0.717) is 5.69 Å². The first-order valence-electron chi connectivity index (χ1n) is 5.63. The number of ketones is 1. The second-order valence-electron chi connectivity index (χ2n) is 5.02. The van der Waals surface area contributed by atoms with Crippen LogP contribution in [0.15, 0.2) is 30.5 Å². The third-order valence-corrected chi connectivity index (χ3v) is 2.69. The maximum Gasteiger partial charge on any atom is 0.289 e. The highest BCUT2D eigenvalue weighted by atomic mass is 35.5. The van der Waals surface area contributed by atoms with Gasteiger partial charge >= 0.3 is 0 Å². The van der Waals surface area contributed by atoms with E-state index in [0.717, 1.165) is 0 Å². The summed E-state index contributed by atoms with van der Waals surface area (Å²) in [6, 6.07) is 4.34. The molecule has 0 fully saturated rings. The van der Waals surface area contributed by atoms with Gasteiger partial charge in [-0.1, -0.05) is 32.4 Å². The fraction of sp³-hybridized carbons (Fsp3) is 0.308. The summed E-state index contributed by atoms with van der Waals surface area (Å²) in [7, 11) is 0. The van der Waals surface area contributed by atoms with Crippen LogP contribution in [0, 0.1) is 15.5 Å². The number of carbonyl (C=O) groups excluding carboxylic acids is 1. The number of nitrogens with zero attached hydrogens (tertiary/aromatic N) is 1. The third-order valence-electron chi connectivity index (χ3n) is 2.37. The van der Waals surface area contributed by atoms with Gasteiger partial charge in [-0.2, -0.15) is 0 Å². The van der Waals surface area contributed by atoms with E-state index in [2.05, 4.69) is 5.32 Å². The number of nitro benzene ring substituents is 1. The molecule has 1 aromatic carbocycles. The number of anilines is 1. The smallest absolute Gasteiger partial charge is 0.289 e. The molecule has 0 unspecified atom stereocenters. The minimum Gasteiger partial charge on any atom is -0.361 e. The minimum atomic E-state index is -0.558. The summed E-state index contributed by atoms with van der Waals surface area (Å²) in [5, 5.41) is 13.6. The van der Waals surface area contributed by atoms with Gasteiger partial charge in [-0.3, -0.25) is 14.9 Å². The molecule has 1 rings (SSSR count). The van der Waals surface area contributed by atoms with Gasteiger partial charge in [0.15, 0.2) is 5.78 Å². The fourth-order valence-electron chi connectivity index (χ4n) is 1.21. The van der Waals surface area contributed by atoms with Crippen LogP contribution in [0.4, 0.5) is 11.4 Å². The monoisotopic (exact) mass is 282 g/mol. The van der Waals surface area contributed by atoms with Crippen molar-refractivity contribution in [1.29, 1.82) is 0 Å². The second-order valence-corrected chi connectivity index (χ2v) is 5.42. The van der Waals surface area contributed by atoms with Gasteiger partial charge in [-0.15, -0.1) is 0 Å². The molecule has 0 saturated carbocycles. The first-order valence-corrected chi connectivity index (χ1v) is 6.01. The number of allylic oxidation sites excluding steroid dienone is 1. The lowest BCUT2D eigenvalue weighted by molar-refractivity contribution is -0.384. The van der Waals surface area contributed by atoms with Gasteiger partial charge in [0.25, 0.3) is 5.69 Å². The van der Waals surface area contributed by atoms with Crippen LogP contribution < -0.4 is 5.32 Å². The van der Waals surface area contributed by atoms with E-state index in [4.69, 9.17) is 11.6 Å². The van der Waals surface area contributed by atoms with Gasteiger partial charge in [0, 0.05) is 23.4 Å². The number of benzene rings is 1. The van der Waals surface area contributed by atoms with E-state index >= 15 is 0 Å². The zero-order chi connectivity index (χ0) is 14.6. The standard InChI is InChI=1S/C13H15ClN2O3/c1-13(2,3)12(17)6-7-15-9-4-5-10(14)11(8-9)16(18)19/h4-8,15H,1-3H3/b7-6+. The molecule has 1 aromatic rings. The van der Waals surface area contributed by atoms with Crippen LogP contribution in [0.1, 0.15) is 20.8 Å². The molecule has 0 spiro atoms. The van der Waals surface area contributed by atoms with Gasteiger partial charge in [0.1, 0.15) is 5.02 Å². The number of hydrogen-bond donors (Lipinski definition) is 1. The highest BCUT2D eigenvalue weighted by molar-refractivity contribution is 6.32. The number of hydrogen-bond acceptors (Lipinski definition) is 4. The maximum absolute atomic E-state index is 11.6. The van der Waals surface area contributed by atoms with Crippen LogP contribution in [-0.2, 0) is 4.79 Å². The minimum absolute atomic E-state index is 0.0385. The normalized spacial score (nSPS) is 11.6. The molecule has 0 aliphatic carbocycles. The molecule has 0 heterocycles. The summed E-state index contributed by atoms with van der Waals surface area (Å²) in [6.07, 6.45) is 2.86. The predicted molar refractivity (Wildman–Crippen MR) is 75.3 cm³/mol. The number of carbonyl (C=O) groups is 1. The molecule has 5 nitrogen and oxygen atoms in total. The summed E-state index contributed by atoms with van der Waals surface area (Å²) >= 11 is 5.69. The summed E-state index contributed by atoms with van der Waals surface area (Å²) < 4.78 is 0. The van der Waals surface area contributed by atoms with Gasteiger partial charge in [0.05, 0.1) is 4.92 Å². The predicted octanol–water partition coefficient (Wildman–Crippen LogP) is 3.79. The van der Waals surface area contributed by atoms with Crippen molar-refractivity contribution in [2.45, 2.75) is 20.8 Å². The molecule has 0 amide bonds. The molecule has 19 heavy (non-hydrogen) atoms. The van der Waals surface area contributed by atoms with Crippen molar-refractivity contribution >= 4 is 28.8 Å². The van der Waals surface area contributed by atoms with Crippen molar-refractivity contribution in [3.05, 3.63) is 45.6 Å². The topological polar surface area (TPSA) is 72.2 Å². The Morgan fingerprint density at radius 3 is 2.58 bits per heavy atom. The first kappa shape index (κ1) is 15.2. The van der Waals surface area contributed by atoms with E-state index in [1.54, 1.807) is 6.07 Å². The molecule has 0 saturated heterocycles. The van der Waals surface area contributed by atoms with Gasteiger partial charge in [-0.05, 0) is 18.2 Å². The SMILES string of the molecule is CC(C)(C)C(=O)/C=C/Nc1ccc(Cl)c([N+](=O)[O-])c1. The molecule has 0 aliphatic heterocycles. The van der Waals surface area contributed by atoms with Crippen LogP contribution in [0.5, 0.6) is 0 Å². The maximum atomic E-state index is 11.6. The van der Waals surface area contributed by atoms with E-state index in [1.807, 2.05) is 20.8 Å². The number of nitrogens with one attached hydrogen (secondary N) is 1. The lowest BCUT2D eigenvalue weighted by atomic mass is 9.91. The average Bonchev–Trinajstić information content (AvgIpc) is 2.29. The zero-order valence-electron chi connectivity index (χ0n) is 10.9. The van der Waals surface area contributed by atoms with Crippen LogP contribution >= 0.6 is 11.6 Å². The number of halogens is 1. The van der Waals surface area contributed by atoms with E-state index in [1.165, 1.54) is 24.4 Å². The lowest BCUT2D eigenvalue weighted by Gasteiger charge is -2.13. The Kier molecular flexibility index (Phi) is 4.67. The Hall–Kier alpha value is -1.88. The van der Waals surface area contributed by atoms with E-state index in [-0.39, 0.29) is 16.5 Å². The van der Waals surface area contributed by atoms with Crippen LogP contribution in [-0.4, -0.2) is 10.7 Å². The lowest BCUT2D eigenvalue weighted by Crippen LogP contribution is -2.17. The molecule has 6 heteroatoms. The molecule has 0 atom stereocenters. The van der Waals surface area contributed by atoms with Crippen LogP contribution in [0.25, 0.3) is 0 Å². The quantitative estimate of drug-likeness (QED) is 0.518. The number of nitro groups is 1. The molecule has 0 aliphatic rings. The summed E-state index contributed by atoms with van der Waals surface area (Å²) in [5.41, 5.74) is -0.138. The van der Waals surface area contributed by atoms with Gasteiger partial charge in [0.2, 0.25) is 0 Å². The first-order chi connectivity index (χ1) is 8.71. The Bertz CT molecular complexity index is 533. The molecule has 1 N–H and O–H groups in total. The zero-order valence-corrected chi connectivity index (χ0v) is 11.7. The molecule has 0 radical (unpaired) electrons. The Morgan fingerprint density at radius 2 is 2.05 bits per heavy atom. The van der Waals surface area contributed by atoms with Crippen LogP contribution in [0.3, 0.4) is 0 Å². The van der Waals surface area contributed by atoms with Crippen molar-refractivity contribution < 1.29 is 9.72 Å². The summed E-state index contributed by atoms with van der Waals surface area (Å²) in [5.74, 6) is -0.0385. The van der Waals surface area contributed by atoms with E-state index < -0.39 is 10.3 Å². The second kappa shape index (κ2) is 5.84. The highest BCUT2D eigenvalue weighted by Gasteiger charge is 2.18. The van der Waals surface area contributed by atoms with Crippen molar-refractivity contribution in [2.75, 3.05) is 5.32 Å². The average molecular weight is 283 g/mol. The Balaban J connectivity index is 2.79. The summed E-state index contributed by atoms with van der Waals surface area (Å²) in [6.45, 7) is 5.44. The highest BCUT2D eigenvalue weighted by Crippen LogP contribution is 2.27. The number of rotatable bonds is 4. The van der Waals surface area contributed by atoms with Crippen molar-refractivity contribution in [2.24, 2.45) is 5.41 Å².